The number of nitrogens with two attached hydrogens (primary N) is 1. The van der Waals surface area contributed by atoms with Crippen molar-refractivity contribution in [1.82, 2.24) is 0 Å². The summed E-state index contributed by atoms with van der Waals surface area (Å²) in [6.07, 6.45) is 4.52. The Labute approximate surface area is 105 Å². The lowest BCUT2D eigenvalue weighted by Gasteiger charge is -2.28. The summed E-state index contributed by atoms with van der Waals surface area (Å²) in [6, 6.07) is 7.50. The molecule has 0 unspecified atom stereocenters. The lowest BCUT2D eigenvalue weighted by molar-refractivity contribution is 0.252. The van der Waals surface area contributed by atoms with Crippen LogP contribution in [0.5, 0.6) is 0 Å². The molecule has 2 rings (SSSR count). The molecule has 0 saturated heterocycles. The van der Waals surface area contributed by atoms with Crippen molar-refractivity contribution in [2.24, 2.45) is 5.73 Å². The van der Waals surface area contributed by atoms with Crippen LogP contribution in [0.3, 0.4) is 0 Å². The lowest BCUT2D eigenvalue weighted by Crippen LogP contribution is -2.31. The number of alkyl halides is 2. The van der Waals surface area contributed by atoms with E-state index in [1.807, 2.05) is 18.2 Å². The Bertz CT molecular complexity index is 375. The van der Waals surface area contributed by atoms with E-state index in [1.165, 1.54) is 12.8 Å². The Morgan fingerprint density at radius 2 is 2.00 bits per heavy atom. The van der Waals surface area contributed by atoms with E-state index >= 15 is 0 Å². The minimum atomic E-state index is -2.36. The maximum atomic E-state index is 12.3. The third-order valence-electron chi connectivity index (χ3n) is 3.62. The minimum Gasteiger partial charge on any atom is -0.330 e. The summed E-state index contributed by atoms with van der Waals surface area (Å²) in [7, 11) is 0. The molecular weight excluding hydrogens is 240 g/mol. The van der Waals surface area contributed by atoms with Crippen molar-refractivity contribution in [2.45, 2.75) is 41.8 Å². The number of rotatable bonds is 4. The van der Waals surface area contributed by atoms with Crippen molar-refractivity contribution < 1.29 is 8.78 Å². The first-order valence-electron chi connectivity index (χ1n) is 5.92. The van der Waals surface area contributed by atoms with Gasteiger partial charge in [0.25, 0.3) is 5.76 Å². The average molecular weight is 257 g/mol. The fourth-order valence-electron chi connectivity index (χ4n) is 2.66. The van der Waals surface area contributed by atoms with Crippen molar-refractivity contribution in [3.05, 3.63) is 29.8 Å². The zero-order valence-electron chi connectivity index (χ0n) is 9.66. The van der Waals surface area contributed by atoms with Crippen LogP contribution in [0.2, 0.25) is 0 Å². The van der Waals surface area contributed by atoms with Gasteiger partial charge in [-0.25, -0.2) is 0 Å². The van der Waals surface area contributed by atoms with E-state index in [0.717, 1.165) is 18.4 Å². The predicted octanol–water partition coefficient (Wildman–Crippen LogP) is 3.77. The molecule has 17 heavy (non-hydrogen) atoms. The van der Waals surface area contributed by atoms with Crippen LogP contribution in [0.25, 0.3) is 0 Å². The molecule has 2 N–H and O–H groups in total. The molecule has 0 aromatic heterocycles. The van der Waals surface area contributed by atoms with Crippen LogP contribution >= 0.6 is 11.8 Å². The van der Waals surface area contributed by atoms with Crippen molar-refractivity contribution in [3.63, 3.8) is 0 Å². The van der Waals surface area contributed by atoms with E-state index in [0.29, 0.717) is 23.2 Å². The normalized spacial score (nSPS) is 18.8. The molecule has 0 amide bonds. The average Bonchev–Trinajstić information content (AvgIpc) is 2.78. The van der Waals surface area contributed by atoms with Gasteiger partial charge in [-0.05, 0) is 30.5 Å². The van der Waals surface area contributed by atoms with E-state index in [-0.39, 0.29) is 5.41 Å². The van der Waals surface area contributed by atoms with Gasteiger partial charge in [0.1, 0.15) is 0 Å². The van der Waals surface area contributed by atoms with Crippen LogP contribution in [0, 0.1) is 0 Å². The van der Waals surface area contributed by atoms with E-state index in [4.69, 9.17) is 5.73 Å². The highest BCUT2D eigenvalue weighted by Gasteiger charge is 2.34. The molecule has 1 aromatic carbocycles. The Kier molecular flexibility index (Phi) is 4.05. The molecule has 1 aliphatic carbocycles. The Hall–Kier alpha value is -0.610. The van der Waals surface area contributed by atoms with Gasteiger partial charge in [0.2, 0.25) is 0 Å². The van der Waals surface area contributed by atoms with Crippen LogP contribution in [-0.4, -0.2) is 12.3 Å². The summed E-state index contributed by atoms with van der Waals surface area (Å²) in [5.41, 5.74) is 7.05. The standard InChI is InChI=1S/C13H17F2NS/c14-12(15)17-11-5-3-4-10(8-11)13(9-16)6-1-2-7-13/h3-5,8,12H,1-2,6-7,9,16H2. The summed E-state index contributed by atoms with van der Waals surface area (Å²) in [5.74, 6) is -2.36. The van der Waals surface area contributed by atoms with E-state index in [1.54, 1.807) is 6.07 Å². The third kappa shape index (κ3) is 2.80. The van der Waals surface area contributed by atoms with Gasteiger partial charge in [-0.2, -0.15) is 8.78 Å². The largest absolute Gasteiger partial charge is 0.330 e. The number of benzene rings is 1. The molecule has 0 atom stereocenters. The second-order valence-corrected chi connectivity index (χ2v) is 5.66. The van der Waals surface area contributed by atoms with E-state index in [2.05, 4.69) is 0 Å². The number of hydrogen-bond acceptors (Lipinski definition) is 2. The highest BCUT2D eigenvalue weighted by atomic mass is 32.2. The number of hydrogen-bond donors (Lipinski definition) is 1. The van der Waals surface area contributed by atoms with Crippen molar-refractivity contribution in [2.75, 3.05) is 6.54 Å². The summed E-state index contributed by atoms with van der Waals surface area (Å²) in [5, 5.41) is 0. The fourth-order valence-corrected chi connectivity index (χ4v) is 3.22. The highest BCUT2D eigenvalue weighted by molar-refractivity contribution is 7.99. The third-order valence-corrected chi connectivity index (χ3v) is 4.33. The molecular formula is C13H17F2NS. The fraction of sp³-hybridized carbons (Fsp3) is 0.538. The van der Waals surface area contributed by atoms with Crippen molar-refractivity contribution in [1.29, 1.82) is 0 Å². The van der Waals surface area contributed by atoms with E-state index < -0.39 is 5.76 Å². The molecule has 1 saturated carbocycles. The minimum absolute atomic E-state index is 0.0265. The second kappa shape index (κ2) is 5.36. The molecule has 0 radical (unpaired) electrons. The van der Waals surface area contributed by atoms with Crippen LogP contribution in [0.1, 0.15) is 31.2 Å². The zero-order chi connectivity index (χ0) is 12.3. The molecule has 1 fully saturated rings. The molecule has 0 bridgehead atoms. The highest BCUT2D eigenvalue weighted by Crippen LogP contribution is 2.41. The summed E-state index contributed by atoms with van der Waals surface area (Å²) in [6.45, 7) is 0.607. The SMILES string of the molecule is NCC1(c2cccc(SC(F)F)c2)CCCC1. The van der Waals surface area contributed by atoms with Gasteiger partial charge >= 0.3 is 0 Å². The quantitative estimate of drug-likeness (QED) is 0.831. The van der Waals surface area contributed by atoms with Crippen LogP contribution < -0.4 is 5.73 Å². The molecule has 0 aliphatic heterocycles. The molecule has 0 heterocycles. The summed E-state index contributed by atoms with van der Waals surface area (Å²) >= 11 is 0.606. The number of thioether (sulfide) groups is 1. The van der Waals surface area contributed by atoms with Gasteiger partial charge in [-0.15, -0.1) is 0 Å². The topological polar surface area (TPSA) is 26.0 Å². The predicted molar refractivity (Wildman–Crippen MR) is 67.5 cm³/mol. The summed E-state index contributed by atoms with van der Waals surface area (Å²) in [4.78, 5) is 0.636. The molecule has 4 heteroatoms. The molecule has 94 valence electrons. The van der Waals surface area contributed by atoms with E-state index in [9.17, 15) is 8.78 Å². The molecule has 1 aliphatic rings. The van der Waals surface area contributed by atoms with Crippen LogP contribution in [0.15, 0.2) is 29.2 Å². The van der Waals surface area contributed by atoms with Crippen LogP contribution in [-0.2, 0) is 5.41 Å². The van der Waals surface area contributed by atoms with Gasteiger partial charge in [0.15, 0.2) is 0 Å². The molecule has 1 nitrogen and oxygen atoms in total. The van der Waals surface area contributed by atoms with Crippen LogP contribution in [0.4, 0.5) is 8.78 Å². The first kappa shape index (κ1) is 12.8. The van der Waals surface area contributed by atoms with Gasteiger partial charge in [0, 0.05) is 16.9 Å². The maximum Gasteiger partial charge on any atom is 0.288 e. The van der Waals surface area contributed by atoms with Gasteiger partial charge in [-0.3, -0.25) is 0 Å². The van der Waals surface area contributed by atoms with Gasteiger partial charge < -0.3 is 5.73 Å². The maximum absolute atomic E-state index is 12.3. The zero-order valence-corrected chi connectivity index (χ0v) is 10.5. The Balaban J connectivity index is 2.25. The van der Waals surface area contributed by atoms with Gasteiger partial charge in [-0.1, -0.05) is 36.7 Å². The molecule has 0 spiro atoms. The lowest BCUT2D eigenvalue weighted by atomic mass is 9.79. The summed E-state index contributed by atoms with van der Waals surface area (Å²) < 4.78 is 24.7. The Morgan fingerprint density at radius 3 is 2.59 bits per heavy atom. The second-order valence-electron chi connectivity index (χ2n) is 4.60. The first-order valence-corrected chi connectivity index (χ1v) is 6.80. The van der Waals surface area contributed by atoms with Crippen molar-refractivity contribution in [3.8, 4) is 0 Å². The van der Waals surface area contributed by atoms with Crippen molar-refractivity contribution >= 4 is 11.8 Å². The smallest absolute Gasteiger partial charge is 0.288 e. The molecule has 1 aromatic rings. The Morgan fingerprint density at radius 1 is 1.29 bits per heavy atom. The first-order chi connectivity index (χ1) is 8.16. The monoisotopic (exact) mass is 257 g/mol. The van der Waals surface area contributed by atoms with Gasteiger partial charge in [0.05, 0.1) is 0 Å². The number of halogens is 2.